The van der Waals surface area contributed by atoms with Crippen LogP contribution in [0.4, 0.5) is 5.69 Å². The van der Waals surface area contributed by atoms with Gasteiger partial charge in [-0.3, -0.25) is 14.2 Å². The Balaban J connectivity index is 2.14. The summed E-state index contributed by atoms with van der Waals surface area (Å²) in [6.07, 6.45) is 2.63. The van der Waals surface area contributed by atoms with E-state index < -0.39 is 22.1 Å². The lowest BCUT2D eigenvalue weighted by atomic mass is 10.0. The molecular weight excluding hydrogens is 284 g/mol. The highest BCUT2D eigenvalue weighted by Gasteiger charge is 2.32. The third-order valence-electron chi connectivity index (χ3n) is 3.33. The topological polar surface area (TPSA) is 105 Å². The average Bonchev–Trinajstić information content (AvgIpc) is 2.67. The quantitative estimate of drug-likeness (QED) is 0.825. The minimum atomic E-state index is -3.75. The van der Waals surface area contributed by atoms with E-state index in [1.54, 1.807) is 20.2 Å². The molecule has 2 heterocycles. The molecule has 2 N–H and O–H groups in total. The van der Waals surface area contributed by atoms with Crippen molar-refractivity contribution in [1.82, 2.24) is 14.1 Å². The largest absolute Gasteiger partial charge is 0.481 e. The Hall–Kier alpha value is -1.61. The zero-order valence-electron chi connectivity index (χ0n) is 11.4. The van der Waals surface area contributed by atoms with Crippen LogP contribution in [0.1, 0.15) is 18.5 Å². The van der Waals surface area contributed by atoms with Crippen LogP contribution in [0.25, 0.3) is 0 Å². The van der Waals surface area contributed by atoms with Crippen molar-refractivity contribution in [1.29, 1.82) is 0 Å². The Morgan fingerprint density at radius 3 is 2.80 bits per heavy atom. The molecule has 0 saturated carbocycles. The van der Waals surface area contributed by atoms with Gasteiger partial charge in [-0.25, -0.2) is 0 Å². The second-order valence-electron chi connectivity index (χ2n) is 4.94. The van der Waals surface area contributed by atoms with E-state index in [4.69, 9.17) is 5.11 Å². The Morgan fingerprint density at radius 1 is 1.55 bits per heavy atom. The van der Waals surface area contributed by atoms with Crippen LogP contribution in [0.3, 0.4) is 0 Å². The molecule has 112 valence electrons. The Morgan fingerprint density at radius 2 is 2.25 bits per heavy atom. The van der Waals surface area contributed by atoms with Gasteiger partial charge in [0.2, 0.25) is 0 Å². The minimum Gasteiger partial charge on any atom is -0.481 e. The van der Waals surface area contributed by atoms with Crippen LogP contribution in [0.15, 0.2) is 6.20 Å². The van der Waals surface area contributed by atoms with Crippen molar-refractivity contribution in [2.45, 2.75) is 19.8 Å². The summed E-state index contributed by atoms with van der Waals surface area (Å²) >= 11 is 0. The van der Waals surface area contributed by atoms with Gasteiger partial charge >= 0.3 is 16.2 Å². The van der Waals surface area contributed by atoms with E-state index in [0.29, 0.717) is 30.8 Å². The number of piperidine rings is 1. The number of hydrogen-bond donors (Lipinski definition) is 2. The van der Waals surface area contributed by atoms with Gasteiger partial charge in [0.1, 0.15) is 0 Å². The number of nitrogens with one attached hydrogen (secondary N) is 1. The molecule has 8 nitrogen and oxygen atoms in total. The number of rotatable bonds is 4. The molecule has 1 aliphatic heterocycles. The van der Waals surface area contributed by atoms with Crippen molar-refractivity contribution in [3.63, 3.8) is 0 Å². The third-order valence-corrected chi connectivity index (χ3v) is 4.82. The first kappa shape index (κ1) is 14.8. The number of hydrogen-bond acceptors (Lipinski definition) is 4. The van der Waals surface area contributed by atoms with Crippen LogP contribution in [-0.4, -0.2) is 46.7 Å². The van der Waals surface area contributed by atoms with Crippen LogP contribution in [0, 0.1) is 12.8 Å². The van der Waals surface area contributed by atoms with Gasteiger partial charge in [0.25, 0.3) is 0 Å². The molecule has 1 atom stereocenters. The highest BCUT2D eigenvalue weighted by molar-refractivity contribution is 7.90. The summed E-state index contributed by atoms with van der Waals surface area (Å²) in [4.78, 5) is 11.0. The summed E-state index contributed by atoms with van der Waals surface area (Å²) in [5.74, 6) is -1.60. The molecule has 20 heavy (non-hydrogen) atoms. The fourth-order valence-electron chi connectivity index (χ4n) is 2.27. The number of aliphatic carboxylic acids is 1. The SMILES string of the molecule is Cc1nn(C)cc1NS(=O)(=O)N1CCCC(C(=O)O)C1. The molecule has 1 unspecified atom stereocenters. The van der Waals surface area contributed by atoms with Crippen molar-refractivity contribution in [3.8, 4) is 0 Å². The number of aryl methyl sites for hydroxylation is 2. The molecule has 1 aliphatic rings. The maximum absolute atomic E-state index is 12.3. The predicted molar refractivity (Wildman–Crippen MR) is 72.4 cm³/mol. The van der Waals surface area contributed by atoms with E-state index in [-0.39, 0.29) is 6.54 Å². The number of nitrogens with zero attached hydrogens (tertiary/aromatic N) is 3. The normalized spacial score (nSPS) is 20.8. The maximum Gasteiger partial charge on any atom is 0.307 e. The average molecular weight is 302 g/mol. The smallest absolute Gasteiger partial charge is 0.307 e. The monoisotopic (exact) mass is 302 g/mol. The molecule has 0 aromatic carbocycles. The Kier molecular flexibility index (Phi) is 4.00. The fraction of sp³-hybridized carbons (Fsp3) is 0.636. The van der Waals surface area contributed by atoms with Crippen LogP contribution >= 0.6 is 0 Å². The van der Waals surface area contributed by atoms with Crippen molar-refractivity contribution >= 4 is 21.9 Å². The zero-order valence-corrected chi connectivity index (χ0v) is 12.2. The highest BCUT2D eigenvalue weighted by Crippen LogP contribution is 2.21. The van der Waals surface area contributed by atoms with Crippen molar-refractivity contribution < 1.29 is 18.3 Å². The van der Waals surface area contributed by atoms with Crippen LogP contribution < -0.4 is 4.72 Å². The molecule has 1 aromatic rings. The summed E-state index contributed by atoms with van der Waals surface area (Å²) in [7, 11) is -2.04. The van der Waals surface area contributed by atoms with Gasteiger partial charge in [0, 0.05) is 26.3 Å². The molecule has 0 radical (unpaired) electrons. The van der Waals surface area contributed by atoms with Gasteiger partial charge in [-0.2, -0.15) is 17.8 Å². The summed E-state index contributed by atoms with van der Waals surface area (Å²) < 4.78 is 29.7. The zero-order chi connectivity index (χ0) is 14.9. The predicted octanol–water partition coefficient (Wildman–Crippen LogP) is 0.182. The van der Waals surface area contributed by atoms with E-state index >= 15 is 0 Å². The van der Waals surface area contributed by atoms with Crippen molar-refractivity contribution in [3.05, 3.63) is 11.9 Å². The summed E-state index contributed by atoms with van der Waals surface area (Å²) in [6, 6.07) is 0. The summed E-state index contributed by atoms with van der Waals surface area (Å²) in [5, 5.41) is 13.1. The second-order valence-corrected chi connectivity index (χ2v) is 6.62. The molecule has 0 amide bonds. The second kappa shape index (κ2) is 5.41. The van der Waals surface area contributed by atoms with E-state index in [0.717, 1.165) is 0 Å². The number of carbonyl (C=O) groups is 1. The van der Waals surface area contributed by atoms with E-state index in [2.05, 4.69) is 9.82 Å². The fourth-order valence-corrected chi connectivity index (χ4v) is 3.62. The molecule has 1 fully saturated rings. The van der Waals surface area contributed by atoms with Gasteiger partial charge < -0.3 is 5.11 Å². The van der Waals surface area contributed by atoms with Gasteiger partial charge in [0.05, 0.1) is 17.3 Å². The molecule has 0 aliphatic carbocycles. The first-order valence-corrected chi connectivity index (χ1v) is 7.74. The van der Waals surface area contributed by atoms with Gasteiger partial charge in [-0.15, -0.1) is 0 Å². The molecule has 0 bridgehead atoms. The number of carboxylic acid groups (broad SMARTS) is 1. The lowest BCUT2D eigenvalue weighted by Gasteiger charge is -2.29. The standard InChI is InChI=1S/C11H18N4O4S/c1-8-10(7-14(2)12-8)13-20(18,19)15-5-3-4-9(6-15)11(16)17/h7,9,13H,3-6H2,1-2H3,(H,16,17). The first-order chi connectivity index (χ1) is 9.29. The lowest BCUT2D eigenvalue weighted by molar-refractivity contribution is -0.142. The lowest BCUT2D eigenvalue weighted by Crippen LogP contribution is -2.44. The van der Waals surface area contributed by atoms with E-state index in [1.807, 2.05) is 0 Å². The van der Waals surface area contributed by atoms with Crippen LogP contribution in [0.5, 0.6) is 0 Å². The van der Waals surface area contributed by atoms with Gasteiger partial charge in [-0.05, 0) is 19.8 Å². The van der Waals surface area contributed by atoms with Gasteiger partial charge in [0.15, 0.2) is 0 Å². The van der Waals surface area contributed by atoms with Gasteiger partial charge in [-0.1, -0.05) is 0 Å². The number of aromatic nitrogens is 2. The molecular formula is C11H18N4O4S. The van der Waals surface area contributed by atoms with Crippen LogP contribution in [-0.2, 0) is 22.1 Å². The Labute approximate surface area is 117 Å². The van der Waals surface area contributed by atoms with E-state index in [1.165, 1.54) is 8.99 Å². The highest BCUT2D eigenvalue weighted by atomic mass is 32.2. The Bertz CT molecular complexity index is 610. The number of anilines is 1. The minimum absolute atomic E-state index is 0.00394. The molecule has 0 spiro atoms. The van der Waals surface area contributed by atoms with E-state index in [9.17, 15) is 13.2 Å². The summed E-state index contributed by atoms with van der Waals surface area (Å²) in [5.41, 5.74) is 0.979. The molecule has 1 saturated heterocycles. The molecule has 1 aromatic heterocycles. The molecule has 2 rings (SSSR count). The van der Waals surface area contributed by atoms with Crippen molar-refractivity contribution in [2.75, 3.05) is 17.8 Å². The summed E-state index contributed by atoms with van der Waals surface area (Å²) in [6.45, 7) is 2.04. The third kappa shape index (κ3) is 3.10. The molecule has 9 heteroatoms. The maximum atomic E-state index is 12.3. The van der Waals surface area contributed by atoms with Crippen LogP contribution in [0.2, 0.25) is 0 Å². The van der Waals surface area contributed by atoms with Crippen molar-refractivity contribution in [2.24, 2.45) is 13.0 Å². The number of carboxylic acids is 1. The first-order valence-electron chi connectivity index (χ1n) is 6.30.